The Morgan fingerprint density at radius 3 is 2.66 bits per heavy atom. The van der Waals surface area contributed by atoms with E-state index in [2.05, 4.69) is 19.9 Å². The minimum Gasteiger partial charge on any atom is -0.331 e. The molecule has 148 valence electrons. The number of aryl methyl sites for hydroxylation is 1. The number of hydrogen-bond donors (Lipinski definition) is 1. The van der Waals surface area contributed by atoms with E-state index in [4.69, 9.17) is 0 Å². The van der Waals surface area contributed by atoms with Crippen LogP contribution in [0.15, 0.2) is 60.9 Å². The van der Waals surface area contributed by atoms with Crippen molar-refractivity contribution in [3.05, 3.63) is 78.1 Å². The molecule has 0 unspecified atom stereocenters. The zero-order valence-corrected chi connectivity index (χ0v) is 17.3. The van der Waals surface area contributed by atoms with Crippen molar-refractivity contribution in [2.24, 2.45) is 0 Å². The number of rotatable bonds is 7. The smallest absolute Gasteiger partial charge is 0.244 e. The van der Waals surface area contributed by atoms with E-state index < -0.39 is 0 Å². The van der Waals surface area contributed by atoms with Crippen molar-refractivity contribution in [3.63, 3.8) is 0 Å². The van der Waals surface area contributed by atoms with Crippen molar-refractivity contribution in [1.29, 1.82) is 0 Å². The summed E-state index contributed by atoms with van der Waals surface area (Å²) in [5, 5.41) is 3.00. The van der Waals surface area contributed by atoms with Crippen LogP contribution in [-0.4, -0.2) is 31.3 Å². The van der Waals surface area contributed by atoms with Gasteiger partial charge in [0.05, 0.1) is 16.8 Å². The fourth-order valence-electron chi connectivity index (χ4n) is 3.35. The predicted molar refractivity (Wildman–Crippen MR) is 118 cm³/mol. The van der Waals surface area contributed by atoms with Gasteiger partial charge in [-0.1, -0.05) is 24.3 Å². The van der Waals surface area contributed by atoms with Gasteiger partial charge in [-0.3, -0.25) is 4.79 Å². The lowest BCUT2D eigenvalue weighted by Gasteiger charge is -2.11. The highest BCUT2D eigenvalue weighted by molar-refractivity contribution is 7.97. The number of amides is 1. The van der Waals surface area contributed by atoms with Crippen LogP contribution in [0.4, 0.5) is 5.69 Å². The number of benzene rings is 2. The van der Waals surface area contributed by atoms with Gasteiger partial charge in [-0.25, -0.2) is 9.97 Å². The number of fused-ring (bicyclic) bond motifs is 1. The number of para-hydroxylation sites is 2. The van der Waals surface area contributed by atoms with Gasteiger partial charge in [-0.2, -0.15) is 11.8 Å². The molecule has 2 heterocycles. The first-order chi connectivity index (χ1) is 14.1. The van der Waals surface area contributed by atoms with Gasteiger partial charge in [0.2, 0.25) is 5.91 Å². The summed E-state index contributed by atoms with van der Waals surface area (Å²) in [5.41, 5.74) is 3.85. The van der Waals surface area contributed by atoms with E-state index >= 15 is 0 Å². The Morgan fingerprint density at radius 2 is 1.93 bits per heavy atom. The molecule has 1 N–H and O–H groups in total. The van der Waals surface area contributed by atoms with E-state index in [-0.39, 0.29) is 12.5 Å². The van der Waals surface area contributed by atoms with E-state index in [1.165, 1.54) is 0 Å². The molecule has 0 radical (unpaired) electrons. The summed E-state index contributed by atoms with van der Waals surface area (Å²) in [6, 6.07) is 15.9. The second-order valence-corrected chi connectivity index (χ2v) is 7.75. The van der Waals surface area contributed by atoms with Crippen LogP contribution in [0.3, 0.4) is 0 Å². The molecule has 29 heavy (non-hydrogen) atoms. The Labute approximate surface area is 174 Å². The van der Waals surface area contributed by atoms with E-state index in [9.17, 15) is 4.79 Å². The molecule has 0 saturated heterocycles. The van der Waals surface area contributed by atoms with Crippen molar-refractivity contribution >= 4 is 34.4 Å². The third-order valence-corrected chi connectivity index (χ3v) is 5.37. The maximum absolute atomic E-state index is 12.7. The second kappa shape index (κ2) is 8.53. The number of thioether (sulfide) groups is 1. The predicted octanol–water partition coefficient (Wildman–Crippen LogP) is 4.09. The monoisotopic (exact) mass is 405 g/mol. The number of aromatic nitrogens is 4. The van der Waals surface area contributed by atoms with Crippen molar-refractivity contribution < 1.29 is 4.79 Å². The molecule has 0 saturated carbocycles. The molecular weight excluding hydrogens is 382 g/mol. The van der Waals surface area contributed by atoms with E-state index in [1.54, 1.807) is 18.0 Å². The Hall–Kier alpha value is -3.06. The highest BCUT2D eigenvalue weighted by atomic mass is 32.2. The third kappa shape index (κ3) is 4.35. The van der Waals surface area contributed by atoms with Crippen LogP contribution < -0.4 is 5.32 Å². The molecular formula is C22H23N5OS. The molecule has 0 fully saturated rings. The first-order valence-electron chi connectivity index (χ1n) is 9.43. The van der Waals surface area contributed by atoms with Gasteiger partial charge in [0.1, 0.15) is 18.2 Å². The van der Waals surface area contributed by atoms with Crippen LogP contribution >= 0.6 is 11.8 Å². The Kier molecular flexibility index (Phi) is 5.67. The van der Waals surface area contributed by atoms with E-state index in [0.29, 0.717) is 0 Å². The van der Waals surface area contributed by atoms with Crippen LogP contribution in [0.5, 0.6) is 0 Å². The molecule has 0 bridgehead atoms. The lowest BCUT2D eigenvalue weighted by molar-refractivity contribution is -0.116. The van der Waals surface area contributed by atoms with Gasteiger partial charge in [0.15, 0.2) is 0 Å². The minimum atomic E-state index is -0.0614. The van der Waals surface area contributed by atoms with Crippen LogP contribution in [0, 0.1) is 6.92 Å². The number of nitrogens with zero attached hydrogens (tertiary/aromatic N) is 4. The quantitative estimate of drug-likeness (QED) is 0.503. The summed E-state index contributed by atoms with van der Waals surface area (Å²) in [4.78, 5) is 21.6. The second-order valence-electron chi connectivity index (χ2n) is 6.88. The molecule has 7 heteroatoms. The third-order valence-electron chi connectivity index (χ3n) is 4.82. The Bertz CT molecular complexity index is 1130. The van der Waals surface area contributed by atoms with Crippen molar-refractivity contribution in [1.82, 2.24) is 19.1 Å². The number of imidazole rings is 2. The van der Waals surface area contributed by atoms with Crippen molar-refractivity contribution in [2.45, 2.75) is 25.8 Å². The van der Waals surface area contributed by atoms with Crippen molar-refractivity contribution in [2.75, 3.05) is 11.6 Å². The number of nitrogens with one attached hydrogen (secondary N) is 1. The van der Waals surface area contributed by atoms with Gasteiger partial charge in [-0.05, 0) is 43.0 Å². The summed E-state index contributed by atoms with van der Waals surface area (Å²) in [6.45, 7) is 2.99. The number of hydrogen-bond acceptors (Lipinski definition) is 4. The Balaban J connectivity index is 1.45. The van der Waals surface area contributed by atoms with Gasteiger partial charge in [0, 0.05) is 24.6 Å². The molecule has 2 aromatic heterocycles. The molecule has 4 aromatic rings. The average Bonchev–Trinajstić information content (AvgIpc) is 3.27. The number of anilines is 1. The zero-order valence-electron chi connectivity index (χ0n) is 16.5. The summed E-state index contributed by atoms with van der Waals surface area (Å²) in [5.74, 6) is 2.61. The molecule has 0 aliphatic rings. The fraction of sp³-hybridized carbons (Fsp3) is 0.227. The SMILES string of the molecule is CSCc1nc2ccccc2n1CC(=O)Nc1ccc(Cn2ccnc2C)cc1. The molecule has 0 aliphatic heterocycles. The van der Waals surface area contributed by atoms with Gasteiger partial charge in [-0.15, -0.1) is 0 Å². The summed E-state index contributed by atoms with van der Waals surface area (Å²) in [7, 11) is 0. The van der Waals surface area contributed by atoms with Gasteiger partial charge < -0.3 is 14.5 Å². The lowest BCUT2D eigenvalue weighted by Crippen LogP contribution is -2.20. The standard InChI is InChI=1S/C22H23N5OS/c1-16-23-11-12-26(16)13-17-7-9-18(10-8-17)24-22(28)14-27-20-6-4-3-5-19(20)25-21(27)15-29-2/h3-12H,13-15H2,1-2H3,(H,24,28). The van der Waals surface area contributed by atoms with E-state index in [0.717, 1.165) is 46.2 Å². The maximum atomic E-state index is 12.7. The lowest BCUT2D eigenvalue weighted by atomic mass is 10.2. The first kappa shape index (κ1) is 19.3. The first-order valence-corrected chi connectivity index (χ1v) is 10.8. The maximum Gasteiger partial charge on any atom is 0.244 e. The normalized spacial score (nSPS) is 11.1. The van der Waals surface area contributed by atoms with E-state index in [1.807, 2.05) is 72.5 Å². The molecule has 0 atom stereocenters. The van der Waals surface area contributed by atoms with Gasteiger partial charge in [0.25, 0.3) is 0 Å². The highest BCUT2D eigenvalue weighted by Gasteiger charge is 2.13. The molecule has 1 amide bonds. The minimum absolute atomic E-state index is 0.0614. The largest absolute Gasteiger partial charge is 0.331 e. The van der Waals surface area contributed by atoms with Gasteiger partial charge >= 0.3 is 0 Å². The summed E-state index contributed by atoms with van der Waals surface area (Å²) in [6.07, 6.45) is 5.80. The van der Waals surface area contributed by atoms with Crippen LogP contribution in [-0.2, 0) is 23.6 Å². The molecule has 6 nitrogen and oxygen atoms in total. The molecule has 4 rings (SSSR count). The van der Waals surface area contributed by atoms with Crippen molar-refractivity contribution in [3.8, 4) is 0 Å². The topological polar surface area (TPSA) is 64.7 Å². The average molecular weight is 406 g/mol. The number of carbonyl (C=O) groups is 1. The fourth-order valence-corrected chi connectivity index (χ4v) is 3.82. The van der Waals surface area contributed by atoms with Crippen LogP contribution in [0.25, 0.3) is 11.0 Å². The summed E-state index contributed by atoms with van der Waals surface area (Å²) >= 11 is 1.70. The zero-order chi connectivity index (χ0) is 20.2. The number of carbonyl (C=O) groups excluding carboxylic acids is 1. The summed E-state index contributed by atoms with van der Waals surface area (Å²) < 4.78 is 4.09. The van der Waals surface area contributed by atoms with Crippen LogP contribution in [0.1, 0.15) is 17.2 Å². The molecule has 0 aliphatic carbocycles. The highest BCUT2D eigenvalue weighted by Crippen LogP contribution is 2.19. The molecule has 2 aromatic carbocycles. The molecule has 0 spiro atoms. The Morgan fingerprint density at radius 1 is 1.14 bits per heavy atom. The van der Waals surface area contributed by atoms with Crippen LogP contribution in [0.2, 0.25) is 0 Å².